The standard InChI is InChI=1S/C16H20N2O2/c1-11-7-13(8-11)18-10-15(19)17-14(16(18)20)9-12-5-3-2-4-6-12/h2-6,11,13-14H,7-10H2,1H3,(H,17,19). The van der Waals surface area contributed by atoms with Crippen molar-refractivity contribution in [2.45, 2.75) is 38.3 Å². The molecule has 106 valence electrons. The van der Waals surface area contributed by atoms with Gasteiger partial charge in [-0.1, -0.05) is 37.3 Å². The first-order valence-electron chi connectivity index (χ1n) is 7.27. The molecular formula is C16H20N2O2. The van der Waals surface area contributed by atoms with Gasteiger partial charge in [0.15, 0.2) is 0 Å². The van der Waals surface area contributed by atoms with Crippen LogP contribution < -0.4 is 5.32 Å². The molecule has 2 amide bonds. The maximum absolute atomic E-state index is 12.5. The van der Waals surface area contributed by atoms with Crippen molar-refractivity contribution in [1.29, 1.82) is 0 Å². The van der Waals surface area contributed by atoms with Crippen LogP contribution in [0.3, 0.4) is 0 Å². The number of carbonyl (C=O) groups excluding carboxylic acids is 2. The van der Waals surface area contributed by atoms with Crippen molar-refractivity contribution < 1.29 is 9.59 Å². The van der Waals surface area contributed by atoms with Gasteiger partial charge in [-0.25, -0.2) is 0 Å². The van der Waals surface area contributed by atoms with Crippen LogP contribution in [0.2, 0.25) is 0 Å². The fraction of sp³-hybridized carbons (Fsp3) is 0.500. The minimum atomic E-state index is -0.408. The van der Waals surface area contributed by atoms with E-state index in [0.29, 0.717) is 12.3 Å². The van der Waals surface area contributed by atoms with Crippen molar-refractivity contribution in [2.24, 2.45) is 5.92 Å². The molecule has 20 heavy (non-hydrogen) atoms. The van der Waals surface area contributed by atoms with E-state index in [1.165, 1.54) is 0 Å². The second kappa shape index (κ2) is 5.27. The first-order chi connectivity index (χ1) is 9.63. The Kier molecular flexibility index (Phi) is 3.47. The zero-order valence-corrected chi connectivity index (χ0v) is 11.7. The summed E-state index contributed by atoms with van der Waals surface area (Å²) < 4.78 is 0. The van der Waals surface area contributed by atoms with Crippen LogP contribution in [0.5, 0.6) is 0 Å². The van der Waals surface area contributed by atoms with Gasteiger partial charge in [0.05, 0.1) is 6.54 Å². The predicted octanol–water partition coefficient (Wildman–Crippen LogP) is 1.35. The zero-order valence-electron chi connectivity index (χ0n) is 11.7. The van der Waals surface area contributed by atoms with Gasteiger partial charge >= 0.3 is 0 Å². The van der Waals surface area contributed by atoms with Gasteiger partial charge in [-0.2, -0.15) is 0 Å². The Hall–Kier alpha value is -1.84. The van der Waals surface area contributed by atoms with Gasteiger partial charge in [0, 0.05) is 12.5 Å². The molecule has 1 aromatic carbocycles. The van der Waals surface area contributed by atoms with Crippen molar-refractivity contribution in [1.82, 2.24) is 10.2 Å². The third-order valence-corrected chi connectivity index (χ3v) is 4.30. The summed E-state index contributed by atoms with van der Waals surface area (Å²) in [5, 5.41) is 2.83. The maximum Gasteiger partial charge on any atom is 0.246 e. The molecule has 1 saturated heterocycles. The summed E-state index contributed by atoms with van der Waals surface area (Å²) >= 11 is 0. The molecule has 1 aliphatic heterocycles. The first kappa shape index (κ1) is 13.2. The lowest BCUT2D eigenvalue weighted by Crippen LogP contribution is -2.63. The van der Waals surface area contributed by atoms with Crippen molar-refractivity contribution in [3.05, 3.63) is 35.9 Å². The second-order valence-corrected chi connectivity index (χ2v) is 6.01. The summed E-state index contributed by atoms with van der Waals surface area (Å²) in [5.74, 6) is 0.709. The summed E-state index contributed by atoms with van der Waals surface area (Å²) in [6.45, 7) is 2.41. The Morgan fingerprint density at radius 1 is 1.20 bits per heavy atom. The highest BCUT2D eigenvalue weighted by atomic mass is 16.2. The Bertz CT molecular complexity index is 508. The highest BCUT2D eigenvalue weighted by molar-refractivity contribution is 5.95. The van der Waals surface area contributed by atoms with Crippen molar-refractivity contribution in [3.8, 4) is 0 Å². The van der Waals surface area contributed by atoms with Crippen LogP contribution in [0.1, 0.15) is 25.3 Å². The largest absolute Gasteiger partial charge is 0.342 e. The summed E-state index contributed by atoms with van der Waals surface area (Å²) in [4.78, 5) is 26.2. The number of hydrogen-bond donors (Lipinski definition) is 1. The Morgan fingerprint density at radius 2 is 1.90 bits per heavy atom. The van der Waals surface area contributed by atoms with E-state index >= 15 is 0 Å². The van der Waals surface area contributed by atoms with E-state index in [-0.39, 0.29) is 24.4 Å². The van der Waals surface area contributed by atoms with Gasteiger partial charge in [0.25, 0.3) is 0 Å². The van der Waals surface area contributed by atoms with E-state index in [9.17, 15) is 9.59 Å². The van der Waals surface area contributed by atoms with E-state index in [0.717, 1.165) is 18.4 Å². The van der Waals surface area contributed by atoms with Crippen LogP contribution in [0.25, 0.3) is 0 Å². The Labute approximate surface area is 119 Å². The third-order valence-electron chi connectivity index (χ3n) is 4.30. The van der Waals surface area contributed by atoms with E-state index in [4.69, 9.17) is 0 Å². The summed E-state index contributed by atoms with van der Waals surface area (Å²) in [7, 11) is 0. The van der Waals surface area contributed by atoms with Gasteiger partial charge in [-0.05, 0) is 24.3 Å². The van der Waals surface area contributed by atoms with Crippen LogP contribution in [-0.2, 0) is 16.0 Å². The molecule has 2 aliphatic rings. The van der Waals surface area contributed by atoms with E-state index in [1.807, 2.05) is 30.3 Å². The number of nitrogens with zero attached hydrogens (tertiary/aromatic N) is 1. The lowest BCUT2D eigenvalue weighted by atomic mass is 9.80. The van der Waals surface area contributed by atoms with Crippen LogP contribution in [0, 0.1) is 5.92 Å². The number of hydrogen-bond acceptors (Lipinski definition) is 2. The third kappa shape index (κ3) is 2.55. The van der Waals surface area contributed by atoms with Gasteiger partial charge in [-0.3, -0.25) is 9.59 Å². The van der Waals surface area contributed by atoms with Crippen molar-refractivity contribution in [3.63, 3.8) is 0 Å². The van der Waals surface area contributed by atoms with E-state index < -0.39 is 6.04 Å². The monoisotopic (exact) mass is 272 g/mol. The average molecular weight is 272 g/mol. The number of amides is 2. The molecule has 1 saturated carbocycles. The molecule has 0 bridgehead atoms. The molecule has 4 heteroatoms. The summed E-state index contributed by atoms with van der Waals surface area (Å²) in [6, 6.07) is 9.70. The quantitative estimate of drug-likeness (QED) is 0.903. The first-order valence-corrected chi connectivity index (χ1v) is 7.27. The molecule has 2 fully saturated rings. The number of carbonyl (C=O) groups is 2. The molecule has 0 radical (unpaired) electrons. The fourth-order valence-electron chi connectivity index (χ4n) is 3.15. The molecule has 1 N–H and O–H groups in total. The van der Waals surface area contributed by atoms with Crippen LogP contribution >= 0.6 is 0 Å². The molecule has 4 nitrogen and oxygen atoms in total. The lowest BCUT2D eigenvalue weighted by Gasteiger charge is -2.44. The van der Waals surface area contributed by atoms with Crippen LogP contribution in [0.15, 0.2) is 30.3 Å². The molecule has 0 spiro atoms. The Balaban J connectivity index is 1.70. The zero-order chi connectivity index (χ0) is 14.1. The minimum Gasteiger partial charge on any atom is -0.342 e. The molecule has 1 atom stereocenters. The smallest absolute Gasteiger partial charge is 0.246 e. The molecule has 3 rings (SSSR count). The SMILES string of the molecule is CC1CC(N2CC(=O)NC(Cc3ccccc3)C2=O)C1. The molecule has 1 aliphatic carbocycles. The Morgan fingerprint density at radius 3 is 2.55 bits per heavy atom. The normalized spacial score (nSPS) is 29.9. The number of nitrogens with one attached hydrogen (secondary N) is 1. The molecule has 1 heterocycles. The number of piperazine rings is 1. The molecular weight excluding hydrogens is 252 g/mol. The van der Waals surface area contributed by atoms with Crippen molar-refractivity contribution >= 4 is 11.8 Å². The molecule has 1 aromatic rings. The van der Waals surface area contributed by atoms with Crippen molar-refractivity contribution in [2.75, 3.05) is 6.54 Å². The topological polar surface area (TPSA) is 49.4 Å². The fourth-order valence-corrected chi connectivity index (χ4v) is 3.15. The lowest BCUT2D eigenvalue weighted by molar-refractivity contribution is -0.149. The summed E-state index contributed by atoms with van der Waals surface area (Å²) in [6.07, 6.45) is 2.62. The van der Waals surface area contributed by atoms with Crippen LogP contribution in [0.4, 0.5) is 0 Å². The minimum absolute atomic E-state index is 0.0370. The average Bonchev–Trinajstić information content (AvgIpc) is 2.40. The van der Waals surface area contributed by atoms with Gasteiger partial charge in [0.1, 0.15) is 6.04 Å². The van der Waals surface area contributed by atoms with Gasteiger partial charge < -0.3 is 10.2 Å². The van der Waals surface area contributed by atoms with E-state index in [1.54, 1.807) is 4.90 Å². The molecule has 1 unspecified atom stereocenters. The number of rotatable bonds is 3. The highest BCUT2D eigenvalue weighted by Gasteiger charge is 2.40. The summed E-state index contributed by atoms with van der Waals surface area (Å²) in [5.41, 5.74) is 1.08. The predicted molar refractivity (Wildman–Crippen MR) is 76.0 cm³/mol. The van der Waals surface area contributed by atoms with Gasteiger partial charge in [0.2, 0.25) is 11.8 Å². The van der Waals surface area contributed by atoms with E-state index in [2.05, 4.69) is 12.2 Å². The maximum atomic E-state index is 12.5. The van der Waals surface area contributed by atoms with Gasteiger partial charge in [-0.15, -0.1) is 0 Å². The number of benzene rings is 1. The van der Waals surface area contributed by atoms with Crippen LogP contribution in [-0.4, -0.2) is 35.3 Å². The second-order valence-electron chi connectivity index (χ2n) is 6.01. The highest BCUT2D eigenvalue weighted by Crippen LogP contribution is 2.32. The molecule has 0 aromatic heterocycles.